The lowest BCUT2D eigenvalue weighted by atomic mass is 10.1. The van der Waals surface area contributed by atoms with E-state index in [2.05, 4.69) is 0 Å². The van der Waals surface area contributed by atoms with Crippen LogP contribution >= 0.6 is 0 Å². The maximum atomic E-state index is 12.3. The van der Waals surface area contributed by atoms with E-state index >= 15 is 0 Å². The van der Waals surface area contributed by atoms with Crippen LogP contribution < -0.4 is 4.74 Å². The first-order valence-electron chi connectivity index (χ1n) is 8.03. The molecule has 2 atom stereocenters. The van der Waals surface area contributed by atoms with E-state index in [4.69, 9.17) is 9.47 Å². The van der Waals surface area contributed by atoms with Crippen LogP contribution in [0.1, 0.15) is 38.3 Å². The second kappa shape index (κ2) is 6.71. The smallest absolute Gasteiger partial charge is 0.411 e. The van der Waals surface area contributed by atoms with Crippen LogP contribution in [0.3, 0.4) is 0 Å². The van der Waals surface area contributed by atoms with Gasteiger partial charge in [0.05, 0.1) is 6.54 Å². The summed E-state index contributed by atoms with van der Waals surface area (Å²) < 4.78 is 11.2. The standard InChI is InChI=1S/C18H25NO5/c1-11-6-7-13(8-12(11)2)23-14-9-15(16(20)21)19(10-14)17(22)24-18(3,4)5/h6-8,14-15H,9-10H2,1-5H3,(H,20,21). The van der Waals surface area contributed by atoms with Gasteiger partial charge in [-0.05, 0) is 57.9 Å². The van der Waals surface area contributed by atoms with Gasteiger partial charge in [0, 0.05) is 6.42 Å². The summed E-state index contributed by atoms with van der Waals surface area (Å²) in [4.78, 5) is 25.0. The van der Waals surface area contributed by atoms with Crippen LogP contribution in [-0.4, -0.2) is 46.4 Å². The topological polar surface area (TPSA) is 76.1 Å². The van der Waals surface area contributed by atoms with Crippen molar-refractivity contribution in [3.05, 3.63) is 29.3 Å². The number of hydrogen-bond acceptors (Lipinski definition) is 4. The maximum absolute atomic E-state index is 12.3. The summed E-state index contributed by atoms with van der Waals surface area (Å²) >= 11 is 0. The largest absolute Gasteiger partial charge is 0.488 e. The number of likely N-dealkylation sites (tertiary alicyclic amines) is 1. The van der Waals surface area contributed by atoms with Crippen molar-refractivity contribution < 1.29 is 24.2 Å². The molecule has 0 aromatic heterocycles. The number of carbonyl (C=O) groups is 2. The number of amides is 1. The van der Waals surface area contributed by atoms with E-state index < -0.39 is 23.7 Å². The van der Waals surface area contributed by atoms with Crippen molar-refractivity contribution in [1.29, 1.82) is 0 Å². The number of carbonyl (C=O) groups excluding carboxylic acids is 1. The third-order valence-corrected chi connectivity index (χ3v) is 3.96. The molecular formula is C18H25NO5. The van der Waals surface area contributed by atoms with E-state index in [-0.39, 0.29) is 19.1 Å². The number of aliphatic carboxylic acids is 1. The van der Waals surface area contributed by atoms with E-state index in [1.807, 2.05) is 32.0 Å². The van der Waals surface area contributed by atoms with Crippen molar-refractivity contribution in [1.82, 2.24) is 4.90 Å². The molecule has 1 heterocycles. The molecule has 1 aliphatic heterocycles. The predicted molar refractivity (Wildman–Crippen MR) is 89.3 cm³/mol. The second-order valence-corrected chi connectivity index (χ2v) is 7.21. The second-order valence-electron chi connectivity index (χ2n) is 7.21. The van der Waals surface area contributed by atoms with Gasteiger partial charge in [-0.1, -0.05) is 6.07 Å². The Morgan fingerprint density at radius 2 is 1.88 bits per heavy atom. The zero-order valence-corrected chi connectivity index (χ0v) is 14.8. The molecule has 1 amide bonds. The van der Waals surface area contributed by atoms with Gasteiger partial charge in [0.1, 0.15) is 23.5 Å². The highest BCUT2D eigenvalue weighted by molar-refractivity contribution is 5.81. The summed E-state index contributed by atoms with van der Waals surface area (Å²) in [5, 5.41) is 9.39. The van der Waals surface area contributed by atoms with Gasteiger partial charge in [0.15, 0.2) is 0 Å². The Labute approximate surface area is 142 Å². The molecule has 1 aliphatic rings. The number of aryl methyl sites for hydroxylation is 2. The lowest BCUT2D eigenvalue weighted by molar-refractivity contribution is -0.142. The minimum absolute atomic E-state index is 0.193. The van der Waals surface area contributed by atoms with Gasteiger partial charge >= 0.3 is 12.1 Å². The summed E-state index contributed by atoms with van der Waals surface area (Å²) in [6.07, 6.45) is -0.761. The number of nitrogens with zero attached hydrogens (tertiary/aromatic N) is 1. The molecule has 1 fully saturated rings. The number of rotatable bonds is 3. The van der Waals surface area contributed by atoms with Crippen LogP contribution in [0.4, 0.5) is 4.79 Å². The average Bonchev–Trinajstić information content (AvgIpc) is 2.85. The monoisotopic (exact) mass is 335 g/mol. The molecule has 6 heteroatoms. The van der Waals surface area contributed by atoms with Crippen molar-refractivity contribution in [2.75, 3.05) is 6.54 Å². The summed E-state index contributed by atoms with van der Waals surface area (Å²) in [6, 6.07) is 4.80. The maximum Gasteiger partial charge on any atom is 0.411 e. The first kappa shape index (κ1) is 18.1. The normalized spacial score (nSPS) is 20.8. The molecule has 6 nitrogen and oxygen atoms in total. The van der Waals surface area contributed by atoms with Gasteiger partial charge in [-0.3, -0.25) is 4.90 Å². The van der Waals surface area contributed by atoms with Crippen LogP contribution in [0.5, 0.6) is 5.75 Å². The van der Waals surface area contributed by atoms with Crippen LogP contribution in [-0.2, 0) is 9.53 Å². The molecular weight excluding hydrogens is 310 g/mol. The molecule has 2 unspecified atom stereocenters. The van der Waals surface area contributed by atoms with Crippen molar-refractivity contribution >= 4 is 12.1 Å². The molecule has 1 aromatic rings. The Balaban J connectivity index is 2.10. The van der Waals surface area contributed by atoms with Crippen molar-refractivity contribution in [3.8, 4) is 5.75 Å². The van der Waals surface area contributed by atoms with Crippen LogP contribution in [0.25, 0.3) is 0 Å². The molecule has 0 aliphatic carbocycles. The first-order chi connectivity index (χ1) is 11.1. The van der Waals surface area contributed by atoms with E-state index in [0.29, 0.717) is 5.75 Å². The Morgan fingerprint density at radius 1 is 1.21 bits per heavy atom. The molecule has 24 heavy (non-hydrogen) atoms. The van der Waals surface area contributed by atoms with E-state index in [9.17, 15) is 14.7 Å². The molecule has 0 saturated carbocycles. The third kappa shape index (κ3) is 4.40. The fourth-order valence-electron chi connectivity index (χ4n) is 2.62. The van der Waals surface area contributed by atoms with Crippen LogP contribution in [0.2, 0.25) is 0 Å². The molecule has 132 valence electrons. The van der Waals surface area contributed by atoms with Crippen LogP contribution in [0, 0.1) is 13.8 Å². The summed E-state index contributed by atoms with van der Waals surface area (Å²) in [5.41, 5.74) is 1.59. The van der Waals surface area contributed by atoms with Gasteiger partial charge in [-0.2, -0.15) is 0 Å². The number of ether oxygens (including phenoxy) is 2. The lowest BCUT2D eigenvalue weighted by Gasteiger charge is -2.26. The van der Waals surface area contributed by atoms with Gasteiger partial charge in [-0.25, -0.2) is 9.59 Å². The Morgan fingerprint density at radius 3 is 2.42 bits per heavy atom. The molecule has 1 N–H and O–H groups in total. The van der Waals surface area contributed by atoms with Gasteiger partial charge in [0.2, 0.25) is 0 Å². The first-order valence-corrected chi connectivity index (χ1v) is 8.03. The van der Waals surface area contributed by atoms with Gasteiger partial charge < -0.3 is 14.6 Å². The van der Waals surface area contributed by atoms with Gasteiger partial charge in [-0.15, -0.1) is 0 Å². The Bertz CT molecular complexity index is 635. The fraction of sp³-hybridized carbons (Fsp3) is 0.556. The molecule has 0 spiro atoms. The molecule has 2 rings (SSSR count). The number of benzene rings is 1. The van der Waals surface area contributed by atoms with Crippen molar-refractivity contribution in [2.45, 2.75) is 58.8 Å². The summed E-state index contributed by atoms with van der Waals surface area (Å²) in [6.45, 7) is 9.45. The van der Waals surface area contributed by atoms with Crippen LogP contribution in [0.15, 0.2) is 18.2 Å². The predicted octanol–water partition coefficient (Wildman–Crippen LogP) is 3.14. The van der Waals surface area contributed by atoms with E-state index in [1.54, 1.807) is 20.8 Å². The van der Waals surface area contributed by atoms with Gasteiger partial charge in [0.25, 0.3) is 0 Å². The fourth-order valence-corrected chi connectivity index (χ4v) is 2.62. The SMILES string of the molecule is Cc1ccc(OC2CC(C(=O)O)N(C(=O)OC(C)(C)C)C2)cc1C. The van der Waals surface area contributed by atoms with E-state index in [0.717, 1.165) is 11.1 Å². The summed E-state index contributed by atoms with van der Waals surface area (Å²) in [5.74, 6) is -0.370. The molecule has 0 radical (unpaired) electrons. The minimum Gasteiger partial charge on any atom is -0.488 e. The number of hydrogen-bond donors (Lipinski definition) is 1. The Hall–Kier alpha value is -2.24. The highest BCUT2D eigenvalue weighted by Gasteiger charge is 2.42. The molecule has 1 aromatic carbocycles. The molecule has 1 saturated heterocycles. The quantitative estimate of drug-likeness (QED) is 0.918. The number of carboxylic acids is 1. The zero-order chi connectivity index (χ0) is 18.1. The zero-order valence-electron chi connectivity index (χ0n) is 14.8. The highest BCUT2D eigenvalue weighted by Crippen LogP contribution is 2.26. The van der Waals surface area contributed by atoms with Crippen molar-refractivity contribution in [2.24, 2.45) is 0 Å². The summed E-state index contributed by atoms with van der Waals surface area (Å²) in [7, 11) is 0. The average molecular weight is 335 g/mol. The molecule has 0 bridgehead atoms. The third-order valence-electron chi connectivity index (χ3n) is 3.96. The highest BCUT2D eigenvalue weighted by atomic mass is 16.6. The number of carboxylic acid groups (broad SMARTS) is 1. The van der Waals surface area contributed by atoms with Crippen molar-refractivity contribution in [3.63, 3.8) is 0 Å². The van der Waals surface area contributed by atoms with E-state index in [1.165, 1.54) is 4.90 Å². The lowest BCUT2D eigenvalue weighted by Crippen LogP contribution is -2.43. The minimum atomic E-state index is -1.05. The Kier molecular flexibility index (Phi) is 5.06.